The number of nitrogens with one attached hydrogen (secondary N) is 1. The van der Waals surface area contributed by atoms with E-state index in [4.69, 9.17) is 0 Å². The zero-order valence-corrected chi connectivity index (χ0v) is 12.5. The Bertz CT molecular complexity index is 479. The van der Waals surface area contributed by atoms with Gasteiger partial charge in [0.15, 0.2) is 0 Å². The second kappa shape index (κ2) is 7.41. The maximum Gasteiger partial charge on any atom is 0.0602 e. The molecule has 0 saturated carbocycles. The smallest absolute Gasteiger partial charge is 0.0602 e. The van der Waals surface area contributed by atoms with Crippen LogP contribution < -0.4 is 5.32 Å². The van der Waals surface area contributed by atoms with Gasteiger partial charge in [-0.25, -0.2) is 0 Å². The Kier molecular flexibility index (Phi) is 5.55. The van der Waals surface area contributed by atoms with E-state index in [1.165, 1.54) is 16.8 Å². The molecule has 3 heteroatoms. The Morgan fingerprint density at radius 3 is 2.95 bits per heavy atom. The first kappa shape index (κ1) is 14.2. The van der Waals surface area contributed by atoms with Crippen molar-refractivity contribution in [3.05, 3.63) is 52.0 Å². The van der Waals surface area contributed by atoms with Crippen LogP contribution in [0.2, 0.25) is 0 Å². The average Bonchev–Trinajstić information content (AvgIpc) is 2.93. The lowest BCUT2D eigenvalue weighted by atomic mass is 10.0. The van der Waals surface area contributed by atoms with Crippen LogP contribution in [0.3, 0.4) is 0 Å². The zero-order valence-electron chi connectivity index (χ0n) is 11.7. The molecular weight excluding hydrogens is 252 g/mol. The molecule has 2 aromatic rings. The van der Waals surface area contributed by atoms with E-state index < -0.39 is 0 Å². The van der Waals surface area contributed by atoms with Gasteiger partial charge in [-0.3, -0.25) is 4.98 Å². The van der Waals surface area contributed by atoms with Crippen molar-refractivity contribution in [3.8, 4) is 0 Å². The molecule has 0 spiro atoms. The molecule has 2 heterocycles. The molecule has 0 bridgehead atoms. The van der Waals surface area contributed by atoms with Crippen molar-refractivity contribution in [2.45, 2.75) is 39.2 Å². The van der Waals surface area contributed by atoms with Gasteiger partial charge in [0, 0.05) is 6.20 Å². The van der Waals surface area contributed by atoms with Gasteiger partial charge in [-0.1, -0.05) is 13.0 Å². The molecule has 2 nitrogen and oxygen atoms in total. The monoisotopic (exact) mass is 274 g/mol. The molecule has 0 aromatic carbocycles. The highest BCUT2D eigenvalue weighted by molar-refractivity contribution is 7.07. The van der Waals surface area contributed by atoms with Crippen molar-refractivity contribution in [2.24, 2.45) is 0 Å². The van der Waals surface area contributed by atoms with E-state index in [0.29, 0.717) is 6.04 Å². The van der Waals surface area contributed by atoms with Gasteiger partial charge >= 0.3 is 0 Å². The van der Waals surface area contributed by atoms with Crippen LogP contribution in [-0.2, 0) is 6.42 Å². The molecule has 2 aromatic heterocycles. The van der Waals surface area contributed by atoms with Crippen LogP contribution in [0, 0.1) is 6.92 Å². The first-order chi connectivity index (χ1) is 9.31. The summed E-state index contributed by atoms with van der Waals surface area (Å²) in [5, 5.41) is 8.02. The fraction of sp³-hybridized carbons (Fsp3) is 0.438. The third-order valence-electron chi connectivity index (χ3n) is 3.32. The van der Waals surface area contributed by atoms with Crippen molar-refractivity contribution in [1.29, 1.82) is 0 Å². The Hall–Kier alpha value is -1.19. The highest BCUT2D eigenvalue weighted by atomic mass is 32.1. The summed E-state index contributed by atoms with van der Waals surface area (Å²) in [5.41, 5.74) is 3.91. The molecule has 0 saturated heterocycles. The van der Waals surface area contributed by atoms with E-state index in [1.807, 2.05) is 12.3 Å². The summed E-state index contributed by atoms with van der Waals surface area (Å²) in [6, 6.07) is 6.73. The topological polar surface area (TPSA) is 24.9 Å². The number of nitrogens with zero attached hydrogens (tertiary/aromatic N) is 1. The first-order valence-corrected chi connectivity index (χ1v) is 7.91. The largest absolute Gasteiger partial charge is 0.309 e. The normalized spacial score (nSPS) is 12.5. The SMILES string of the molecule is CCCNC(CCc1ccsc1)c1ncccc1C. The van der Waals surface area contributed by atoms with Crippen LogP contribution in [0.4, 0.5) is 0 Å². The van der Waals surface area contributed by atoms with Crippen LogP contribution >= 0.6 is 11.3 Å². The molecular formula is C16H22N2S. The lowest BCUT2D eigenvalue weighted by Gasteiger charge is -2.19. The zero-order chi connectivity index (χ0) is 13.5. The molecule has 0 fully saturated rings. The number of thiophene rings is 1. The number of aromatic nitrogens is 1. The lowest BCUT2D eigenvalue weighted by molar-refractivity contribution is 0.487. The van der Waals surface area contributed by atoms with Crippen LogP contribution in [0.25, 0.3) is 0 Å². The molecule has 1 atom stereocenters. The lowest BCUT2D eigenvalue weighted by Crippen LogP contribution is -2.24. The number of hydrogen-bond donors (Lipinski definition) is 1. The molecule has 1 unspecified atom stereocenters. The van der Waals surface area contributed by atoms with Crippen molar-refractivity contribution >= 4 is 11.3 Å². The molecule has 1 N–H and O–H groups in total. The van der Waals surface area contributed by atoms with Gasteiger partial charge in [0.1, 0.15) is 0 Å². The minimum absolute atomic E-state index is 0.362. The molecule has 0 aliphatic rings. The predicted molar refractivity (Wildman–Crippen MR) is 82.6 cm³/mol. The fourth-order valence-electron chi connectivity index (χ4n) is 2.26. The van der Waals surface area contributed by atoms with Crippen molar-refractivity contribution in [2.75, 3.05) is 6.54 Å². The highest BCUT2D eigenvalue weighted by Gasteiger charge is 2.14. The van der Waals surface area contributed by atoms with E-state index in [1.54, 1.807) is 11.3 Å². The summed E-state index contributed by atoms with van der Waals surface area (Å²) in [6.07, 6.45) is 5.27. The fourth-order valence-corrected chi connectivity index (χ4v) is 2.97. The second-order valence-electron chi connectivity index (χ2n) is 4.88. The first-order valence-electron chi connectivity index (χ1n) is 6.97. The van der Waals surface area contributed by atoms with Gasteiger partial charge in [-0.05, 0) is 66.8 Å². The molecule has 2 rings (SSSR count). The second-order valence-corrected chi connectivity index (χ2v) is 5.66. The van der Waals surface area contributed by atoms with Crippen LogP contribution in [0.5, 0.6) is 0 Å². The van der Waals surface area contributed by atoms with Gasteiger partial charge < -0.3 is 5.32 Å². The molecule has 0 radical (unpaired) electrons. The standard InChI is InChI=1S/C16H22N2S/c1-3-9-17-15(7-6-14-8-11-19-12-14)16-13(2)5-4-10-18-16/h4-5,8,10-12,15,17H,3,6-7,9H2,1-2H3. The van der Waals surface area contributed by atoms with Gasteiger partial charge in [0.2, 0.25) is 0 Å². The average molecular weight is 274 g/mol. The molecule has 0 aliphatic heterocycles. The molecule has 102 valence electrons. The highest BCUT2D eigenvalue weighted by Crippen LogP contribution is 2.21. The number of rotatable bonds is 7. The van der Waals surface area contributed by atoms with Gasteiger partial charge in [0.05, 0.1) is 11.7 Å². The van der Waals surface area contributed by atoms with E-state index in [2.05, 4.69) is 47.0 Å². The van der Waals surface area contributed by atoms with Gasteiger partial charge in [-0.2, -0.15) is 11.3 Å². The van der Waals surface area contributed by atoms with E-state index >= 15 is 0 Å². The van der Waals surface area contributed by atoms with Crippen molar-refractivity contribution in [3.63, 3.8) is 0 Å². The maximum atomic E-state index is 4.57. The van der Waals surface area contributed by atoms with E-state index in [0.717, 1.165) is 25.8 Å². The number of aryl methyl sites for hydroxylation is 2. The van der Waals surface area contributed by atoms with Crippen LogP contribution in [0.1, 0.15) is 42.6 Å². The third-order valence-corrected chi connectivity index (χ3v) is 4.05. The van der Waals surface area contributed by atoms with Gasteiger partial charge in [-0.15, -0.1) is 0 Å². The summed E-state index contributed by atoms with van der Waals surface area (Å²) >= 11 is 1.77. The number of hydrogen-bond acceptors (Lipinski definition) is 3. The van der Waals surface area contributed by atoms with Gasteiger partial charge in [0.25, 0.3) is 0 Å². The van der Waals surface area contributed by atoms with Crippen molar-refractivity contribution in [1.82, 2.24) is 10.3 Å². The quantitative estimate of drug-likeness (QED) is 0.821. The number of pyridine rings is 1. The molecule has 19 heavy (non-hydrogen) atoms. The molecule has 0 amide bonds. The minimum Gasteiger partial charge on any atom is -0.309 e. The summed E-state index contributed by atoms with van der Waals surface area (Å²) in [5.74, 6) is 0. The summed E-state index contributed by atoms with van der Waals surface area (Å²) in [6.45, 7) is 5.39. The maximum absolute atomic E-state index is 4.57. The van der Waals surface area contributed by atoms with E-state index in [-0.39, 0.29) is 0 Å². The molecule has 0 aliphatic carbocycles. The third kappa shape index (κ3) is 4.15. The Morgan fingerprint density at radius 1 is 1.37 bits per heavy atom. The Morgan fingerprint density at radius 2 is 2.26 bits per heavy atom. The summed E-state index contributed by atoms with van der Waals surface area (Å²) in [7, 11) is 0. The Labute approximate surface area is 119 Å². The van der Waals surface area contributed by atoms with E-state index in [9.17, 15) is 0 Å². The minimum atomic E-state index is 0.362. The summed E-state index contributed by atoms with van der Waals surface area (Å²) < 4.78 is 0. The van der Waals surface area contributed by atoms with Crippen LogP contribution in [-0.4, -0.2) is 11.5 Å². The summed E-state index contributed by atoms with van der Waals surface area (Å²) in [4.78, 5) is 4.57. The van der Waals surface area contributed by atoms with Crippen molar-refractivity contribution < 1.29 is 0 Å². The predicted octanol–water partition coefficient (Wildman–Crippen LogP) is 4.13. The Balaban J connectivity index is 2.05. The van der Waals surface area contributed by atoms with Crippen LogP contribution in [0.15, 0.2) is 35.2 Å².